The molecule has 3 nitrogen and oxygen atoms in total. The summed E-state index contributed by atoms with van der Waals surface area (Å²) in [6.07, 6.45) is 3.16. The summed E-state index contributed by atoms with van der Waals surface area (Å²) in [4.78, 5) is 10.1. The Kier molecular flexibility index (Phi) is 1.89. The van der Waals surface area contributed by atoms with Gasteiger partial charge in [-0.05, 0) is 5.92 Å². The molecule has 1 aromatic heterocycles. The molecule has 1 saturated heterocycles. The molecule has 12 heavy (non-hydrogen) atoms. The molecule has 0 unspecified atom stereocenters. The maximum absolute atomic E-state index is 5.91. The summed E-state index contributed by atoms with van der Waals surface area (Å²) in [5, 5.41) is 0.643. The van der Waals surface area contributed by atoms with Gasteiger partial charge in [0.25, 0.3) is 0 Å². The first-order valence-electron chi connectivity index (χ1n) is 3.98. The predicted octanol–water partition coefficient (Wildman–Crippen LogP) is 1.59. The monoisotopic (exact) mass is 183 g/mol. The SMILES string of the molecule is CC1CN(c2ncncc2Cl)C1. The highest BCUT2D eigenvalue weighted by Crippen LogP contribution is 2.27. The summed E-state index contributed by atoms with van der Waals surface area (Å²) >= 11 is 5.91. The van der Waals surface area contributed by atoms with E-state index in [4.69, 9.17) is 11.6 Å². The lowest BCUT2D eigenvalue weighted by Crippen LogP contribution is -2.45. The molecule has 0 saturated carbocycles. The number of rotatable bonds is 1. The molecule has 0 spiro atoms. The molecule has 0 radical (unpaired) electrons. The van der Waals surface area contributed by atoms with E-state index in [0.717, 1.165) is 24.8 Å². The number of anilines is 1. The van der Waals surface area contributed by atoms with E-state index >= 15 is 0 Å². The Morgan fingerprint density at radius 2 is 2.33 bits per heavy atom. The summed E-state index contributed by atoms with van der Waals surface area (Å²) in [6.45, 7) is 4.32. The molecule has 1 aliphatic heterocycles. The molecule has 0 aliphatic carbocycles. The van der Waals surface area contributed by atoms with E-state index in [1.165, 1.54) is 6.33 Å². The summed E-state index contributed by atoms with van der Waals surface area (Å²) in [7, 11) is 0. The van der Waals surface area contributed by atoms with E-state index in [1.54, 1.807) is 6.20 Å². The minimum Gasteiger partial charge on any atom is -0.355 e. The molecule has 2 heterocycles. The topological polar surface area (TPSA) is 29.0 Å². The van der Waals surface area contributed by atoms with Crippen LogP contribution in [0.1, 0.15) is 6.92 Å². The van der Waals surface area contributed by atoms with Gasteiger partial charge >= 0.3 is 0 Å². The van der Waals surface area contributed by atoms with Crippen molar-refractivity contribution in [3.63, 3.8) is 0 Å². The van der Waals surface area contributed by atoms with E-state index in [1.807, 2.05) is 0 Å². The molecule has 1 aromatic rings. The van der Waals surface area contributed by atoms with Gasteiger partial charge in [0, 0.05) is 13.1 Å². The van der Waals surface area contributed by atoms with Crippen LogP contribution >= 0.6 is 11.6 Å². The van der Waals surface area contributed by atoms with Gasteiger partial charge in [-0.2, -0.15) is 0 Å². The van der Waals surface area contributed by atoms with Crippen LogP contribution in [0.15, 0.2) is 12.5 Å². The van der Waals surface area contributed by atoms with Crippen LogP contribution in [0.2, 0.25) is 5.02 Å². The van der Waals surface area contributed by atoms with E-state index in [-0.39, 0.29) is 0 Å². The number of hydrogen-bond acceptors (Lipinski definition) is 3. The Hall–Kier alpha value is -0.830. The molecule has 1 aliphatic rings. The lowest BCUT2D eigenvalue weighted by molar-refractivity contribution is 0.443. The number of aromatic nitrogens is 2. The minimum atomic E-state index is 0.643. The van der Waals surface area contributed by atoms with Crippen LogP contribution in [-0.2, 0) is 0 Å². The van der Waals surface area contributed by atoms with Crippen LogP contribution in [0, 0.1) is 5.92 Å². The van der Waals surface area contributed by atoms with Gasteiger partial charge in [-0.15, -0.1) is 0 Å². The predicted molar refractivity (Wildman–Crippen MR) is 48.4 cm³/mol. The van der Waals surface area contributed by atoms with Crippen LogP contribution in [0.3, 0.4) is 0 Å². The first-order valence-corrected chi connectivity index (χ1v) is 4.35. The van der Waals surface area contributed by atoms with Gasteiger partial charge in [-0.25, -0.2) is 9.97 Å². The quantitative estimate of drug-likeness (QED) is 0.662. The Morgan fingerprint density at radius 3 is 2.92 bits per heavy atom. The fourth-order valence-electron chi connectivity index (χ4n) is 1.41. The number of nitrogens with zero attached hydrogens (tertiary/aromatic N) is 3. The molecular formula is C8H10ClN3. The molecule has 1 fully saturated rings. The van der Waals surface area contributed by atoms with Crippen molar-refractivity contribution in [2.45, 2.75) is 6.92 Å². The maximum atomic E-state index is 5.91. The molecule has 0 aromatic carbocycles. The standard InChI is InChI=1S/C8H10ClN3/c1-6-3-12(4-6)8-7(9)2-10-5-11-8/h2,5-6H,3-4H2,1H3. The third-order valence-corrected chi connectivity index (χ3v) is 2.28. The van der Waals surface area contributed by atoms with Gasteiger partial charge in [-0.3, -0.25) is 0 Å². The molecule has 0 bridgehead atoms. The summed E-state index contributed by atoms with van der Waals surface area (Å²) in [5.41, 5.74) is 0. The molecular weight excluding hydrogens is 174 g/mol. The Balaban J connectivity index is 2.18. The van der Waals surface area contributed by atoms with E-state index in [0.29, 0.717) is 5.02 Å². The second kappa shape index (κ2) is 2.90. The Morgan fingerprint density at radius 1 is 1.58 bits per heavy atom. The summed E-state index contributed by atoms with van der Waals surface area (Å²) in [5.74, 6) is 1.63. The fourth-order valence-corrected chi connectivity index (χ4v) is 1.64. The highest BCUT2D eigenvalue weighted by molar-refractivity contribution is 6.32. The molecule has 4 heteroatoms. The van der Waals surface area contributed by atoms with Gasteiger partial charge < -0.3 is 4.90 Å². The molecule has 2 rings (SSSR count). The van der Waals surface area contributed by atoms with Crippen LogP contribution < -0.4 is 4.90 Å². The fraction of sp³-hybridized carbons (Fsp3) is 0.500. The Bertz CT molecular complexity index is 283. The van der Waals surface area contributed by atoms with Gasteiger partial charge in [-0.1, -0.05) is 18.5 Å². The van der Waals surface area contributed by atoms with Crippen molar-refractivity contribution in [2.75, 3.05) is 18.0 Å². The second-order valence-corrected chi connectivity index (χ2v) is 3.61. The van der Waals surface area contributed by atoms with E-state index in [2.05, 4.69) is 21.8 Å². The smallest absolute Gasteiger partial charge is 0.150 e. The molecule has 0 N–H and O–H groups in total. The van der Waals surface area contributed by atoms with Crippen molar-refractivity contribution >= 4 is 17.4 Å². The normalized spacial score (nSPS) is 17.7. The third-order valence-electron chi connectivity index (χ3n) is 2.01. The van der Waals surface area contributed by atoms with Crippen molar-refractivity contribution in [3.8, 4) is 0 Å². The van der Waals surface area contributed by atoms with Crippen molar-refractivity contribution < 1.29 is 0 Å². The van der Waals surface area contributed by atoms with Crippen LogP contribution in [0.25, 0.3) is 0 Å². The second-order valence-electron chi connectivity index (χ2n) is 3.20. The zero-order chi connectivity index (χ0) is 8.55. The average Bonchev–Trinajstić information content (AvgIpc) is 2.01. The minimum absolute atomic E-state index is 0.643. The first kappa shape index (κ1) is 7.80. The summed E-state index contributed by atoms with van der Waals surface area (Å²) in [6, 6.07) is 0. The van der Waals surface area contributed by atoms with Crippen molar-refractivity contribution in [3.05, 3.63) is 17.5 Å². The lowest BCUT2D eigenvalue weighted by Gasteiger charge is -2.38. The zero-order valence-electron chi connectivity index (χ0n) is 6.87. The lowest BCUT2D eigenvalue weighted by atomic mass is 10.0. The van der Waals surface area contributed by atoms with Crippen molar-refractivity contribution in [1.82, 2.24) is 9.97 Å². The van der Waals surface area contributed by atoms with E-state index in [9.17, 15) is 0 Å². The summed E-state index contributed by atoms with van der Waals surface area (Å²) < 4.78 is 0. The van der Waals surface area contributed by atoms with E-state index < -0.39 is 0 Å². The zero-order valence-corrected chi connectivity index (χ0v) is 7.62. The van der Waals surface area contributed by atoms with Gasteiger partial charge in [0.1, 0.15) is 11.3 Å². The molecule has 64 valence electrons. The van der Waals surface area contributed by atoms with Crippen molar-refractivity contribution in [2.24, 2.45) is 5.92 Å². The number of hydrogen-bond donors (Lipinski definition) is 0. The highest BCUT2D eigenvalue weighted by atomic mass is 35.5. The molecule has 0 atom stereocenters. The highest BCUT2D eigenvalue weighted by Gasteiger charge is 2.25. The Labute approximate surface area is 76.4 Å². The van der Waals surface area contributed by atoms with Gasteiger partial charge in [0.05, 0.1) is 6.20 Å². The van der Waals surface area contributed by atoms with Crippen molar-refractivity contribution in [1.29, 1.82) is 0 Å². The number of halogens is 1. The van der Waals surface area contributed by atoms with Crippen LogP contribution in [0.4, 0.5) is 5.82 Å². The molecule has 0 amide bonds. The van der Waals surface area contributed by atoms with Crippen LogP contribution in [0.5, 0.6) is 0 Å². The largest absolute Gasteiger partial charge is 0.355 e. The average molecular weight is 184 g/mol. The first-order chi connectivity index (χ1) is 5.77. The van der Waals surface area contributed by atoms with Crippen LogP contribution in [-0.4, -0.2) is 23.1 Å². The third kappa shape index (κ3) is 1.25. The van der Waals surface area contributed by atoms with Gasteiger partial charge in [0.2, 0.25) is 0 Å². The van der Waals surface area contributed by atoms with Gasteiger partial charge in [0.15, 0.2) is 5.82 Å². The maximum Gasteiger partial charge on any atom is 0.150 e.